The van der Waals surface area contributed by atoms with Gasteiger partial charge < -0.3 is 9.84 Å². The van der Waals surface area contributed by atoms with Crippen molar-refractivity contribution in [1.29, 1.82) is 0 Å². The van der Waals surface area contributed by atoms with Gasteiger partial charge in [0.25, 0.3) is 5.67 Å². The summed E-state index contributed by atoms with van der Waals surface area (Å²) in [6.07, 6.45) is -2.75. The molecule has 0 aromatic heterocycles. The van der Waals surface area contributed by atoms with Gasteiger partial charge in [-0.1, -0.05) is 0 Å². The Balaban J connectivity index is 3.42. The van der Waals surface area contributed by atoms with Gasteiger partial charge in [-0.2, -0.15) is 35.1 Å². The summed E-state index contributed by atoms with van der Waals surface area (Å²) >= 11 is 0. The van der Waals surface area contributed by atoms with Crippen LogP contribution in [0, 0.1) is 0 Å². The minimum absolute atomic E-state index is 0.211. The lowest BCUT2D eigenvalue weighted by atomic mass is 9.84. The van der Waals surface area contributed by atoms with Crippen LogP contribution in [0.5, 0.6) is 0 Å². The third kappa shape index (κ3) is 2.67. The fraction of sp³-hybridized carbons (Fsp3) is 0.923. The molecule has 0 amide bonds. The summed E-state index contributed by atoms with van der Waals surface area (Å²) in [5, 5.41) is 9.71. The van der Waals surface area contributed by atoms with Crippen LogP contribution < -0.4 is 0 Å². The monoisotopic (exact) mass is 390 g/mol. The second kappa shape index (κ2) is 5.17. The van der Waals surface area contributed by atoms with E-state index in [1.54, 1.807) is 0 Å². The highest BCUT2D eigenvalue weighted by Crippen LogP contribution is 2.70. The van der Waals surface area contributed by atoms with Gasteiger partial charge in [-0.25, -0.2) is 9.18 Å². The number of hydrogen-bond donors (Lipinski definition) is 1. The van der Waals surface area contributed by atoms with Crippen LogP contribution in [-0.4, -0.2) is 51.6 Å². The topological polar surface area (TPSA) is 46.5 Å². The van der Waals surface area contributed by atoms with Crippen LogP contribution in [0.1, 0.15) is 34.1 Å². The molecule has 0 saturated heterocycles. The summed E-state index contributed by atoms with van der Waals surface area (Å²) < 4.78 is 125. The molecule has 1 aliphatic rings. The molecule has 25 heavy (non-hydrogen) atoms. The molecule has 1 rings (SSSR count). The SMILES string of the molecule is CC(C)(C)OC(=O)C(C)(O)CC1(F)C(F)(F)C(F)(F)C(F)(F)C1(F)F. The van der Waals surface area contributed by atoms with E-state index in [2.05, 4.69) is 4.74 Å². The van der Waals surface area contributed by atoms with Crippen molar-refractivity contribution in [2.45, 2.75) is 74.7 Å². The molecule has 0 aliphatic heterocycles. The van der Waals surface area contributed by atoms with E-state index in [4.69, 9.17) is 0 Å². The third-order valence-electron chi connectivity index (χ3n) is 3.60. The number of carbonyl (C=O) groups excluding carboxylic acids is 1. The van der Waals surface area contributed by atoms with Crippen LogP contribution >= 0.6 is 0 Å². The molecule has 0 radical (unpaired) electrons. The van der Waals surface area contributed by atoms with Crippen LogP contribution in [0.2, 0.25) is 0 Å². The average molecular weight is 390 g/mol. The van der Waals surface area contributed by atoms with Crippen LogP contribution in [0.3, 0.4) is 0 Å². The smallest absolute Gasteiger partial charge is 0.381 e. The Morgan fingerprint density at radius 1 is 0.800 bits per heavy atom. The molecule has 1 saturated carbocycles. The fourth-order valence-electron chi connectivity index (χ4n) is 2.25. The Kier molecular flexibility index (Phi) is 4.51. The molecule has 148 valence electrons. The zero-order valence-electron chi connectivity index (χ0n) is 13.4. The van der Waals surface area contributed by atoms with Gasteiger partial charge >= 0.3 is 29.7 Å². The van der Waals surface area contributed by atoms with Crippen molar-refractivity contribution in [2.75, 3.05) is 0 Å². The predicted molar refractivity (Wildman–Crippen MR) is 64.7 cm³/mol. The van der Waals surface area contributed by atoms with Gasteiger partial charge in [0.15, 0.2) is 5.60 Å². The molecule has 0 aromatic carbocycles. The van der Waals surface area contributed by atoms with Gasteiger partial charge in [0.2, 0.25) is 0 Å². The van der Waals surface area contributed by atoms with E-state index in [9.17, 15) is 49.4 Å². The fourth-order valence-corrected chi connectivity index (χ4v) is 2.25. The number of esters is 1. The number of halogens is 9. The average Bonchev–Trinajstić information content (AvgIpc) is 2.38. The first-order valence-electron chi connectivity index (χ1n) is 6.74. The molecular weight excluding hydrogens is 375 g/mol. The maximum atomic E-state index is 14.3. The molecule has 12 heteroatoms. The summed E-state index contributed by atoms with van der Waals surface area (Å²) in [6.45, 7) is 3.82. The van der Waals surface area contributed by atoms with Crippen molar-refractivity contribution in [3.05, 3.63) is 0 Å². The van der Waals surface area contributed by atoms with Gasteiger partial charge in [-0.05, 0) is 27.7 Å². The van der Waals surface area contributed by atoms with Crippen LogP contribution in [0.15, 0.2) is 0 Å². The van der Waals surface area contributed by atoms with Gasteiger partial charge in [0, 0.05) is 6.42 Å². The summed E-state index contributed by atoms with van der Waals surface area (Å²) in [5.74, 6) is -28.6. The summed E-state index contributed by atoms with van der Waals surface area (Å²) in [7, 11) is 0. The number of carbonyl (C=O) groups is 1. The molecular formula is C13H15F9O3. The molecule has 3 nitrogen and oxygen atoms in total. The molecule has 1 atom stereocenters. The molecule has 0 spiro atoms. The normalized spacial score (nSPS) is 28.2. The molecule has 0 aromatic rings. The number of aliphatic hydroxyl groups is 1. The highest BCUT2D eigenvalue weighted by molar-refractivity contribution is 5.79. The maximum Gasteiger partial charge on any atom is 0.381 e. The number of hydrogen-bond acceptors (Lipinski definition) is 3. The second-order valence-corrected chi connectivity index (χ2v) is 7.05. The Bertz CT molecular complexity index is 538. The van der Waals surface area contributed by atoms with Crippen molar-refractivity contribution in [2.24, 2.45) is 0 Å². The first-order chi connectivity index (χ1) is 10.6. The van der Waals surface area contributed by atoms with E-state index in [0.29, 0.717) is 0 Å². The first-order valence-corrected chi connectivity index (χ1v) is 6.74. The molecule has 1 fully saturated rings. The van der Waals surface area contributed by atoms with E-state index in [1.807, 2.05) is 0 Å². The van der Waals surface area contributed by atoms with Crippen LogP contribution in [0.4, 0.5) is 39.5 Å². The quantitative estimate of drug-likeness (QED) is 0.590. The van der Waals surface area contributed by atoms with Gasteiger partial charge in [-0.3, -0.25) is 0 Å². The summed E-state index contributed by atoms with van der Waals surface area (Å²) in [4.78, 5) is 11.7. The Labute approximate surface area is 136 Å². The maximum absolute atomic E-state index is 14.3. The van der Waals surface area contributed by atoms with Crippen molar-refractivity contribution >= 4 is 5.97 Å². The molecule has 1 unspecified atom stereocenters. The van der Waals surface area contributed by atoms with E-state index < -0.39 is 53.0 Å². The minimum Gasteiger partial charge on any atom is -0.458 e. The van der Waals surface area contributed by atoms with Crippen molar-refractivity contribution in [3.8, 4) is 0 Å². The third-order valence-corrected chi connectivity index (χ3v) is 3.60. The Morgan fingerprint density at radius 3 is 1.40 bits per heavy atom. The standard InChI is InChI=1S/C13H15F9O3/c1-7(2,3)25-6(23)8(4,24)5-9(14)10(15,16)12(19,20)13(21,22)11(9,17)18/h24H,5H2,1-4H3. The largest absolute Gasteiger partial charge is 0.458 e. The minimum atomic E-state index is -6.76. The molecule has 0 heterocycles. The number of alkyl halides is 9. The van der Waals surface area contributed by atoms with Crippen molar-refractivity contribution < 1.29 is 54.2 Å². The van der Waals surface area contributed by atoms with Gasteiger partial charge in [0.05, 0.1) is 0 Å². The lowest BCUT2D eigenvalue weighted by Gasteiger charge is -2.36. The first kappa shape index (κ1) is 21.8. The zero-order chi connectivity index (χ0) is 20.5. The summed E-state index contributed by atoms with van der Waals surface area (Å²) in [6, 6.07) is 0. The zero-order valence-corrected chi connectivity index (χ0v) is 13.4. The highest BCUT2D eigenvalue weighted by atomic mass is 19.4. The molecule has 1 N–H and O–H groups in total. The van der Waals surface area contributed by atoms with Gasteiger partial charge in [-0.15, -0.1) is 0 Å². The van der Waals surface area contributed by atoms with E-state index in [0.717, 1.165) is 0 Å². The van der Waals surface area contributed by atoms with Crippen molar-refractivity contribution in [1.82, 2.24) is 0 Å². The Morgan fingerprint density at radius 2 is 1.12 bits per heavy atom. The number of rotatable bonds is 3. The molecule has 1 aliphatic carbocycles. The van der Waals surface area contributed by atoms with Crippen LogP contribution in [-0.2, 0) is 9.53 Å². The lowest BCUT2D eigenvalue weighted by Crippen LogP contribution is -2.60. The van der Waals surface area contributed by atoms with Crippen LogP contribution in [0.25, 0.3) is 0 Å². The lowest BCUT2D eigenvalue weighted by molar-refractivity contribution is -0.303. The highest BCUT2D eigenvalue weighted by Gasteiger charge is 3.00. The van der Waals surface area contributed by atoms with Gasteiger partial charge in [0.1, 0.15) is 5.60 Å². The predicted octanol–water partition coefficient (Wildman–Crippen LogP) is 3.73. The Hall–Kier alpha value is -1.20. The van der Waals surface area contributed by atoms with E-state index >= 15 is 0 Å². The molecule has 0 bridgehead atoms. The van der Waals surface area contributed by atoms with E-state index in [1.165, 1.54) is 20.8 Å². The van der Waals surface area contributed by atoms with E-state index in [-0.39, 0.29) is 6.92 Å². The van der Waals surface area contributed by atoms with Crippen molar-refractivity contribution in [3.63, 3.8) is 0 Å². The second-order valence-electron chi connectivity index (χ2n) is 7.05. The number of ether oxygens (including phenoxy) is 1. The summed E-state index contributed by atoms with van der Waals surface area (Å²) in [5.41, 5.74) is -10.8.